The molecule has 2 heteroatoms. The summed E-state index contributed by atoms with van der Waals surface area (Å²) in [5, 5.41) is 8.43. The van der Waals surface area contributed by atoms with Crippen molar-refractivity contribution in [3.63, 3.8) is 0 Å². The molecule has 0 atom stereocenters. The predicted molar refractivity (Wildman–Crippen MR) is 96.1 cm³/mol. The van der Waals surface area contributed by atoms with Crippen LogP contribution in [-0.4, -0.2) is 11.1 Å². The molecule has 0 aliphatic heterocycles. The van der Waals surface area contributed by atoms with Crippen molar-refractivity contribution in [1.82, 2.24) is 0 Å². The van der Waals surface area contributed by atoms with Gasteiger partial charge in [0.1, 0.15) is 0 Å². The minimum atomic E-state index is -0.861. The molecule has 0 aromatic heterocycles. The molecule has 0 aliphatic rings. The minimum absolute atomic E-state index is 0.813. The summed E-state index contributed by atoms with van der Waals surface area (Å²) in [4.78, 5) is 10.3. The van der Waals surface area contributed by atoms with Crippen LogP contribution in [0.25, 0.3) is 0 Å². The zero-order chi connectivity index (χ0) is 16.3. The third-order valence-electron chi connectivity index (χ3n) is 3.56. The molecule has 0 rings (SSSR count). The van der Waals surface area contributed by atoms with Crippen LogP contribution in [0.3, 0.4) is 0 Å². The van der Waals surface area contributed by atoms with E-state index in [0.717, 1.165) is 19.3 Å². The Balaban J connectivity index is 3.21. The van der Waals surface area contributed by atoms with Crippen LogP contribution in [-0.2, 0) is 4.79 Å². The van der Waals surface area contributed by atoms with Crippen LogP contribution in [0.4, 0.5) is 0 Å². The molecule has 0 saturated carbocycles. The average molecular weight is 306 g/mol. The smallest absolute Gasteiger partial charge is 0.327 e. The molecule has 126 valence electrons. The van der Waals surface area contributed by atoms with E-state index in [-0.39, 0.29) is 0 Å². The van der Waals surface area contributed by atoms with Gasteiger partial charge in [-0.15, -0.1) is 0 Å². The Morgan fingerprint density at radius 1 is 0.682 bits per heavy atom. The second-order valence-corrected chi connectivity index (χ2v) is 5.75. The molecule has 0 aromatic rings. The second-order valence-electron chi connectivity index (χ2n) is 5.75. The summed E-state index contributed by atoms with van der Waals surface area (Å²) < 4.78 is 0. The fourth-order valence-corrected chi connectivity index (χ4v) is 2.24. The monoisotopic (exact) mass is 306 g/mol. The third-order valence-corrected chi connectivity index (χ3v) is 3.56. The van der Waals surface area contributed by atoms with Gasteiger partial charge in [-0.2, -0.15) is 0 Å². The van der Waals surface area contributed by atoms with Crippen molar-refractivity contribution < 1.29 is 9.90 Å². The lowest BCUT2D eigenvalue weighted by molar-refractivity contribution is -0.131. The molecule has 0 bridgehead atoms. The third kappa shape index (κ3) is 18.7. The number of carbonyl (C=O) groups is 1. The van der Waals surface area contributed by atoms with Crippen LogP contribution in [0.2, 0.25) is 0 Å². The summed E-state index contributed by atoms with van der Waals surface area (Å²) in [5.74, 6) is -0.861. The number of hydrogen-bond acceptors (Lipinski definition) is 1. The summed E-state index contributed by atoms with van der Waals surface area (Å²) in [5.41, 5.74) is 0. The van der Waals surface area contributed by atoms with Crippen molar-refractivity contribution in [3.8, 4) is 0 Å². The Kier molecular flexibility index (Phi) is 16.7. The van der Waals surface area contributed by atoms with E-state index in [4.69, 9.17) is 5.11 Å². The molecule has 0 amide bonds. The maximum atomic E-state index is 10.3. The van der Waals surface area contributed by atoms with Gasteiger partial charge in [-0.05, 0) is 51.4 Å². The van der Waals surface area contributed by atoms with Gasteiger partial charge in [0.05, 0.1) is 0 Å². The maximum absolute atomic E-state index is 10.3. The lowest BCUT2D eigenvalue weighted by Gasteiger charge is -1.97. The first-order valence-electron chi connectivity index (χ1n) is 8.96. The topological polar surface area (TPSA) is 37.3 Å². The highest BCUT2D eigenvalue weighted by atomic mass is 16.4. The molecule has 0 heterocycles. The highest BCUT2D eigenvalue weighted by Gasteiger charge is 1.88. The molecule has 2 nitrogen and oxygen atoms in total. The fraction of sp³-hybridized carbons (Fsp3) is 0.650. The van der Waals surface area contributed by atoms with E-state index in [1.165, 1.54) is 63.9 Å². The molecule has 1 N–H and O–H groups in total. The van der Waals surface area contributed by atoms with Crippen molar-refractivity contribution >= 4 is 5.97 Å². The van der Waals surface area contributed by atoms with E-state index in [1.807, 2.05) is 0 Å². The quantitative estimate of drug-likeness (QED) is 0.215. The van der Waals surface area contributed by atoms with Gasteiger partial charge < -0.3 is 5.11 Å². The Labute approximate surface area is 137 Å². The van der Waals surface area contributed by atoms with E-state index in [2.05, 4.69) is 31.2 Å². The number of unbranched alkanes of at least 4 members (excludes halogenated alkanes) is 9. The Hall–Kier alpha value is -1.31. The lowest BCUT2D eigenvalue weighted by atomic mass is 10.1. The number of carboxylic acid groups (broad SMARTS) is 1. The van der Waals surface area contributed by atoms with Crippen LogP contribution >= 0.6 is 0 Å². The predicted octanol–water partition coefficient (Wildman–Crippen LogP) is 6.44. The molecule has 0 fully saturated rings. The Morgan fingerprint density at radius 3 is 1.64 bits per heavy atom. The van der Waals surface area contributed by atoms with Gasteiger partial charge in [-0.1, -0.05) is 63.0 Å². The highest BCUT2D eigenvalue weighted by molar-refractivity contribution is 5.79. The van der Waals surface area contributed by atoms with Crippen LogP contribution in [0, 0.1) is 0 Å². The van der Waals surface area contributed by atoms with Gasteiger partial charge in [0.25, 0.3) is 0 Å². The number of hydrogen-bond donors (Lipinski definition) is 1. The van der Waals surface area contributed by atoms with Crippen molar-refractivity contribution in [2.45, 2.75) is 84.0 Å². The normalized spacial score (nSPS) is 12.0. The summed E-state index contributed by atoms with van der Waals surface area (Å²) in [6, 6.07) is 0. The van der Waals surface area contributed by atoms with Crippen LogP contribution < -0.4 is 0 Å². The number of carboxylic acids is 1. The molecule has 0 radical (unpaired) electrons. The van der Waals surface area contributed by atoms with Crippen molar-refractivity contribution in [1.29, 1.82) is 0 Å². The fourth-order valence-electron chi connectivity index (χ4n) is 2.24. The SMILES string of the molecule is CCCCCC=CCCCCCCC=CCCC=CC(=O)O. The zero-order valence-corrected chi connectivity index (χ0v) is 14.3. The zero-order valence-electron chi connectivity index (χ0n) is 14.3. The van der Waals surface area contributed by atoms with E-state index in [9.17, 15) is 4.79 Å². The minimum Gasteiger partial charge on any atom is -0.478 e. The van der Waals surface area contributed by atoms with Gasteiger partial charge in [0.15, 0.2) is 0 Å². The van der Waals surface area contributed by atoms with Crippen molar-refractivity contribution in [2.75, 3.05) is 0 Å². The summed E-state index contributed by atoms with van der Waals surface area (Å²) in [7, 11) is 0. The first kappa shape index (κ1) is 20.7. The summed E-state index contributed by atoms with van der Waals surface area (Å²) >= 11 is 0. The van der Waals surface area contributed by atoms with E-state index < -0.39 is 5.97 Å². The first-order chi connectivity index (χ1) is 10.8. The molecule has 0 aliphatic carbocycles. The Morgan fingerprint density at radius 2 is 1.14 bits per heavy atom. The van der Waals surface area contributed by atoms with Gasteiger partial charge in [-0.3, -0.25) is 0 Å². The molecular formula is C20H34O2. The van der Waals surface area contributed by atoms with Crippen LogP contribution in [0.1, 0.15) is 84.0 Å². The molecule has 0 aromatic carbocycles. The second kappa shape index (κ2) is 17.7. The van der Waals surface area contributed by atoms with Crippen molar-refractivity contribution in [2.24, 2.45) is 0 Å². The molecule has 0 spiro atoms. The molecule has 22 heavy (non-hydrogen) atoms. The standard InChI is InChI=1S/C20H34O2/c1-2-3-4-5-6-7-8-9-10-11-12-13-14-15-16-17-18-19-20(21)22/h6-7,14-15,18-19H,2-5,8-13,16-17H2,1H3,(H,21,22). The van der Waals surface area contributed by atoms with Crippen LogP contribution in [0.5, 0.6) is 0 Å². The molecule has 0 saturated heterocycles. The number of aliphatic carboxylic acids is 1. The molecule has 0 unspecified atom stereocenters. The summed E-state index contributed by atoms with van der Waals surface area (Å²) in [6.07, 6.45) is 26.6. The van der Waals surface area contributed by atoms with Gasteiger partial charge in [-0.25, -0.2) is 4.79 Å². The van der Waals surface area contributed by atoms with E-state index >= 15 is 0 Å². The van der Waals surface area contributed by atoms with Gasteiger partial charge in [0, 0.05) is 6.08 Å². The van der Waals surface area contributed by atoms with E-state index in [1.54, 1.807) is 6.08 Å². The summed E-state index contributed by atoms with van der Waals surface area (Å²) in [6.45, 7) is 2.25. The van der Waals surface area contributed by atoms with Gasteiger partial charge in [0.2, 0.25) is 0 Å². The van der Waals surface area contributed by atoms with E-state index in [0.29, 0.717) is 0 Å². The largest absolute Gasteiger partial charge is 0.478 e. The number of allylic oxidation sites excluding steroid dienone is 5. The molecular weight excluding hydrogens is 272 g/mol. The first-order valence-corrected chi connectivity index (χ1v) is 8.96. The average Bonchev–Trinajstić information content (AvgIpc) is 2.50. The maximum Gasteiger partial charge on any atom is 0.327 e. The van der Waals surface area contributed by atoms with Crippen molar-refractivity contribution in [3.05, 3.63) is 36.5 Å². The highest BCUT2D eigenvalue weighted by Crippen LogP contribution is 2.08. The number of rotatable bonds is 15. The van der Waals surface area contributed by atoms with Crippen LogP contribution in [0.15, 0.2) is 36.5 Å². The van der Waals surface area contributed by atoms with Gasteiger partial charge >= 0.3 is 5.97 Å². The Bertz CT molecular complexity index is 327. The lowest BCUT2D eigenvalue weighted by Crippen LogP contribution is -1.85.